The summed E-state index contributed by atoms with van der Waals surface area (Å²) < 4.78 is 0. The summed E-state index contributed by atoms with van der Waals surface area (Å²) in [7, 11) is 0. The Balaban J connectivity index is 0.000000167. The maximum Gasteiger partial charge on any atom is -0.00192 e. The zero-order valence-corrected chi connectivity index (χ0v) is 26.7. The second-order valence-electron chi connectivity index (χ2n) is 11.9. The summed E-state index contributed by atoms with van der Waals surface area (Å²) in [4.78, 5) is 0. The summed E-state index contributed by atoms with van der Waals surface area (Å²) >= 11 is 0. The van der Waals surface area contributed by atoms with Crippen molar-refractivity contribution in [2.75, 3.05) is 0 Å². The van der Waals surface area contributed by atoms with E-state index in [-0.39, 0.29) is 0 Å². The van der Waals surface area contributed by atoms with Gasteiger partial charge in [-0.2, -0.15) is 0 Å². The van der Waals surface area contributed by atoms with Gasteiger partial charge in [0.15, 0.2) is 0 Å². The lowest BCUT2D eigenvalue weighted by molar-refractivity contribution is 0.506. The lowest BCUT2D eigenvalue weighted by atomic mass is 9.82. The van der Waals surface area contributed by atoms with Gasteiger partial charge in [-0.05, 0) is 79.3 Å². The molecule has 0 heteroatoms. The predicted molar refractivity (Wildman–Crippen MR) is 186 cm³/mol. The van der Waals surface area contributed by atoms with Crippen molar-refractivity contribution in [3.8, 4) is 11.1 Å². The molecule has 0 nitrogen and oxygen atoms in total. The molecule has 1 aliphatic rings. The van der Waals surface area contributed by atoms with E-state index >= 15 is 0 Å². The third-order valence-corrected chi connectivity index (χ3v) is 7.83. The fraction of sp³-hybridized carbons (Fsp3) is 0.238. The molecule has 0 spiro atoms. The SMILES string of the molecule is C=C1Cc2cc(C)ccc2-c2ccc(C)cc21.CCC(C)(C)c1ccccc1.Cc1ccccc1.Cc1ccccc1. The van der Waals surface area contributed by atoms with Gasteiger partial charge >= 0.3 is 0 Å². The van der Waals surface area contributed by atoms with Gasteiger partial charge in [-0.25, -0.2) is 0 Å². The number of benzene rings is 5. The van der Waals surface area contributed by atoms with Crippen molar-refractivity contribution in [2.24, 2.45) is 0 Å². The molecule has 0 aliphatic heterocycles. The average Bonchev–Trinajstić information content (AvgIpc) is 2.99. The first-order valence-corrected chi connectivity index (χ1v) is 15.1. The van der Waals surface area contributed by atoms with Crippen LogP contribution in [0.5, 0.6) is 0 Å². The van der Waals surface area contributed by atoms with E-state index in [9.17, 15) is 0 Å². The molecule has 0 atom stereocenters. The van der Waals surface area contributed by atoms with Crippen LogP contribution >= 0.6 is 0 Å². The first kappa shape index (κ1) is 32.4. The van der Waals surface area contributed by atoms with E-state index in [1.54, 1.807) is 0 Å². The van der Waals surface area contributed by atoms with E-state index in [1.807, 2.05) is 36.4 Å². The van der Waals surface area contributed by atoms with Crippen molar-refractivity contribution < 1.29 is 0 Å². The van der Waals surface area contributed by atoms with E-state index in [0.29, 0.717) is 5.41 Å². The monoisotopic (exact) mass is 552 g/mol. The number of rotatable bonds is 2. The fourth-order valence-corrected chi connectivity index (χ4v) is 4.80. The summed E-state index contributed by atoms with van der Waals surface area (Å²) in [6.07, 6.45) is 2.17. The van der Waals surface area contributed by atoms with Crippen LogP contribution in [0.2, 0.25) is 0 Å². The standard InChI is InChI=1S/C17H16.C11H16.2C7H8/c1-11-4-6-15-14(8-11)10-13(3)17-9-12(2)5-7-16(15)17;1-4-11(2,3)10-8-6-5-7-9-10;2*1-7-5-3-2-4-6-7/h4-9H,3,10H2,1-2H3;5-9H,4H2,1-3H3;2*2-6H,1H3. The molecule has 0 fully saturated rings. The molecule has 0 aromatic heterocycles. The van der Waals surface area contributed by atoms with E-state index in [1.165, 1.54) is 62.1 Å². The van der Waals surface area contributed by atoms with Crippen molar-refractivity contribution in [2.45, 2.75) is 66.7 Å². The van der Waals surface area contributed by atoms with Gasteiger partial charge in [-0.15, -0.1) is 0 Å². The van der Waals surface area contributed by atoms with Gasteiger partial charge < -0.3 is 0 Å². The molecule has 6 rings (SSSR count). The molecule has 1 aliphatic carbocycles. The Bertz CT molecular complexity index is 1490. The largest absolute Gasteiger partial charge is 0.0949 e. The molecule has 0 heterocycles. The van der Waals surface area contributed by atoms with E-state index in [0.717, 1.165) is 6.42 Å². The van der Waals surface area contributed by atoms with Gasteiger partial charge in [-0.3, -0.25) is 0 Å². The van der Waals surface area contributed by atoms with Crippen LogP contribution in [-0.4, -0.2) is 0 Å². The molecular weight excluding hydrogens is 504 g/mol. The quantitative estimate of drug-likeness (QED) is 0.204. The second kappa shape index (κ2) is 15.7. The van der Waals surface area contributed by atoms with Crippen LogP contribution < -0.4 is 0 Å². The van der Waals surface area contributed by atoms with Crippen LogP contribution in [0.1, 0.15) is 66.1 Å². The van der Waals surface area contributed by atoms with Gasteiger partial charge in [0.2, 0.25) is 0 Å². The van der Waals surface area contributed by atoms with Crippen molar-refractivity contribution in [1.82, 2.24) is 0 Å². The molecule has 5 aromatic rings. The Hall–Kier alpha value is -4.16. The Morgan fingerprint density at radius 3 is 1.43 bits per heavy atom. The molecule has 5 aromatic carbocycles. The fourth-order valence-electron chi connectivity index (χ4n) is 4.80. The van der Waals surface area contributed by atoms with Crippen molar-refractivity contribution in [3.63, 3.8) is 0 Å². The molecule has 0 bridgehead atoms. The summed E-state index contributed by atoms with van der Waals surface area (Å²) in [5.41, 5.74) is 13.7. The highest BCUT2D eigenvalue weighted by Crippen LogP contribution is 2.39. The maximum atomic E-state index is 4.23. The number of hydrogen-bond acceptors (Lipinski definition) is 0. The molecule has 0 saturated heterocycles. The Labute approximate surface area is 255 Å². The lowest BCUT2D eigenvalue weighted by Gasteiger charge is -2.22. The predicted octanol–water partition coefficient (Wildman–Crippen LogP) is 11.9. The Kier molecular flexibility index (Phi) is 12.1. The highest BCUT2D eigenvalue weighted by Gasteiger charge is 2.18. The van der Waals surface area contributed by atoms with Crippen molar-refractivity contribution in [1.29, 1.82) is 0 Å². The van der Waals surface area contributed by atoms with Crippen molar-refractivity contribution >= 4 is 5.57 Å². The van der Waals surface area contributed by atoms with Crippen molar-refractivity contribution in [3.05, 3.63) is 173 Å². The van der Waals surface area contributed by atoms with Crippen LogP contribution in [0, 0.1) is 27.7 Å². The first-order chi connectivity index (χ1) is 20.1. The molecule has 0 amide bonds. The summed E-state index contributed by atoms with van der Waals surface area (Å²) in [5, 5.41) is 0. The van der Waals surface area contributed by atoms with Gasteiger partial charge in [0.1, 0.15) is 0 Å². The Morgan fingerprint density at radius 2 is 0.976 bits per heavy atom. The van der Waals surface area contributed by atoms with E-state index < -0.39 is 0 Å². The topological polar surface area (TPSA) is 0 Å². The number of hydrogen-bond donors (Lipinski definition) is 0. The minimum atomic E-state index is 0.335. The number of allylic oxidation sites excluding steroid dienone is 1. The third kappa shape index (κ3) is 9.74. The number of fused-ring (bicyclic) bond motifs is 3. The van der Waals surface area contributed by atoms with Gasteiger partial charge in [0, 0.05) is 0 Å². The van der Waals surface area contributed by atoms with Gasteiger partial charge in [-0.1, -0.05) is 177 Å². The van der Waals surface area contributed by atoms with Crippen LogP contribution in [-0.2, 0) is 11.8 Å². The molecule has 0 saturated carbocycles. The molecular formula is C42H48. The highest BCUT2D eigenvalue weighted by molar-refractivity contribution is 5.88. The third-order valence-electron chi connectivity index (χ3n) is 7.83. The van der Waals surface area contributed by atoms with Gasteiger partial charge in [0.25, 0.3) is 0 Å². The molecule has 0 unspecified atom stereocenters. The minimum absolute atomic E-state index is 0.335. The average molecular weight is 553 g/mol. The van der Waals surface area contributed by atoms with E-state index in [4.69, 9.17) is 0 Å². The normalized spacial score (nSPS) is 11.3. The number of aryl methyl sites for hydroxylation is 4. The van der Waals surface area contributed by atoms with E-state index in [2.05, 4.69) is 146 Å². The summed E-state index contributed by atoms with van der Waals surface area (Å²) in [5.74, 6) is 0. The second-order valence-corrected chi connectivity index (χ2v) is 11.9. The van der Waals surface area contributed by atoms with Crippen LogP contribution in [0.4, 0.5) is 0 Å². The highest BCUT2D eigenvalue weighted by atomic mass is 14.2. The van der Waals surface area contributed by atoms with Gasteiger partial charge in [0.05, 0.1) is 0 Å². The zero-order chi connectivity index (χ0) is 30.5. The summed E-state index contributed by atoms with van der Waals surface area (Å²) in [6.45, 7) is 19.5. The molecule has 216 valence electrons. The summed E-state index contributed by atoms with van der Waals surface area (Å²) in [6, 6.07) is 44.6. The molecule has 0 N–H and O–H groups in total. The maximum absolute atomic E-state index is 4.23. The minimum Gasteiger partial charge on any atom is -0.0949 e. The zero-order valence-electron chi connectivity index (χ0n) is 26.7. The molecule has 0 radical (unpaired) electrons. The van der Waals surface area contributed by atoms with Crippen LogP contribution in [0.3, 0.4) is 0 Å². The van der Waals surface area contributed by atoms with Crippen LogP contribution in [0.25, 0.3) is 16.7 Å². The lowest BCUT2D eigenvalue weighted by Crippen LogP contribution is -2.14. The molecule has 42 heavy (non-hydrogen) atoms. The Morgan fingerprint density at radius 1 is 0.524 bits per heavy atom. The smallest absolute Gasteiger partial charge is 0.00192 e. The van der Waals surface area contributed by atoms with Crippen LogP contribution in [0.15, 0.2) is 134 Å². The first-order valence-electron chi connectivity index (χ1n) is 15.1.